The van der Waals surface area contributed by atoms with Crippen molar-refractivity contribution in [3.63, 3.8) is 0 Å². The smallest absolute Gasteiger partial charge is 0.326 e. The summed E-state index contributed by atoms with van der Waals surface area (Å²) in [6.45, 7) is 10.2. The van der Waals surface area contributed by atoms with Crippen LogP contribution in [-0.4, -0.2) is 29.7 Å². The van der Waals surface area contributed by atoms with E-state index in [9.17, 15) is 9.59 Å². The minimum absolute atomic E-state index is 0.401. The molecule has 0 rings (SSSR count). The van der Waals surface area contributed by atoms with Crippen LogP contribution in [0.3, 0.4) is 0 Å². The molecule has 3 N–H and O–H groups in total. The Balaban J connectivity index is 4.29. The first-order chi connectivity index (χ1) is 9.22. The van der Waals surface area contributed by atoms with Gasteiger partial charge in [-0.1, -0.05) is 53.9 Å². The van der Waals surface area contributed by atoms with Crippen LogP contribution in [0.5, 0.6) is 0 Å². The second kappa shape index (κ2) is 8.82. The Labute approximate surface area is 122 Å². The topological polar surface area (TPSA) is 78.4 Å². The Morgan fingerprint density at radius 3 is 2.20 bits per heavy atom. The van der Waals surface area contributed by atoms with Crippen molar-refractivity contribution >= 4 is 12.0 Å². The lowest BCUT2D eigenvalue weighted by molar-refractivity contribution is -0.141. The van der Waals surface area contributed by atoms with E-state index in [4.69, 9.17) is 5.11 Å². The molecule has 0 radical (unpaired) electrons. The van der Waals surface area contributed by atoms with Crippen molar-refractivity contribution in [2.45, 2.75) is 66.3 Å². The number of hydrogen-bond donors (Lipinski definition) is 3. The minimum Gasteiger partial charge on any atom is -0.480 e. The Morgan fingerprint density at radius 2 is 1.80 bits per heavy atom. The number of hydrogen-bond acceptors (Lipinski definition) is 2. The number of nitrogens with one attached hydrogen (secondary N) is 2. The molecule has 2 unspecified atom stereocenters. The van der Waals surface area contributed by atoms with Crippen LogP contribution in [0.4, 0.5) is 4.79 Å². The van der Waals surface area contributed by atoms with Gasteiger partial charge in [0.05, 0.1) is 0 Å². The quantitative estimate of drug-likeness (QED) is 0.642. The molecule has 0 bridgehead atoms. The molecule has 2 atom stereocenters. The maximum absolute atomic E-state index is 11.8. The normalized spacial score (nSPS) is 14.4. The van der Waals surface area contributed by atoms with Crippen LogP contribution in [-0.2, 0) is 4.79 Å². The molecule has 0 aromatic rings. The summed E-state index contributed by atoms with van der Waals surface area (Å²) in [4.78, 5) is 23.0. The van der Waals surface area contributed by atoms with Gasteiger partial charge in [0.2, 0.25) is 0 Å². The highest BCUT2D eigenvalue weighted by Gasteiger charge is 2.32. The van der Waals surface area contributed by atoms with E-state index in [-0.39, 0.29) is 0 Å². The second-order valence-electron chi connectivity index (χ2n) is 6.41. The predicted octanol–water partition coefficient (Wildman–Crippen LogP) is 3.00. The van der Waals surface area contributed by atoms with E-state index in [1.807, 2.05) is 0 Å². The monoisotopic (exact) mass is 286 g/mol. The van der Waals surface area contributed by atoms with Gasteiger partial charge in [-0.05, 0) is 17.8 Å². The average molecular weight is 286 g/mol. The van der Waals surface area contributed by atoms with E-state index in [2.05, 4.69) is 24.5 Å². The molecule has 5 nitrogen and oxygen atoms in total. The summed E-state index contributed by atoms with van der Waals surface area (Å²) >= 11 is 0. The zero-order valence-corrected chi connectivity index (χ0v) is 13.5. The van der Waals surface area contributed by atoms with Gasteiger partial charge in [-0.3, -0.25) is 0 Å². The van der Waals surface area contributed by atoms with Crippen LogP contribution in [0.2, 0.25) is 0 Å². The number of rotatable bonds is 8. The molecule has 2 amide bonds. The van der Waals surface area contributed by atoms with Gasteiger partial charge in [-0.15, -0.1) is 0 Å². The van der Waals surface area contributed by atoms with Crippen molar-refractivity contribution in [3.05, 3.63) is 0 Å². The van der Waals surface area contributed by atoms with Crippen LogP contribution in [0.1, 0.15) is 60.3 Å². The van der Waals surface area contributed by atoms with Gasteiger partial charge in [0.25, 0.3) is 0 Å². The largest absolute Gasteiger partial charge is 0.480 e. The summed E-state index contributed by atoms with van der Waals surface area (Å²) in [6.07, 6.45) is 4.41. The second-order valence-corrected chi connectivity index (χ2v) is 6.41. The van der Waals surface area contributed by atoms with Gasteiger partial charge < -0.3 is 15.7 Å². The number of carbonyl (C=O) groups excluding carboxylic acids is 1. The van der Waals surface area contributed by atoms with Crippen molar-refractivity contribution in [2.75, 3.05) is 6.54 Å². The SMILES string of the molecule is CCCCC(CC)CNC(=O)NC(C(=O)O)C(C)(C)C. The fraction of sp³-hybridized carbons (Fsp3) is 0.867. The van der Waals surface area contributed by atoms with E-state index in [0.717, 1.165) is 25.7 Å². The number of urea groups is 1. The number of unbranched alkanes of at least 4 members (excludes halogenated alkanes) is 1. The Hall–Kier alpha value is -1.26. The van der Waals surface area contributed by atoms with Crippen molar-refractivity contribution in [3.8, 4) is 0 Å². The fourth-order valence-corrected chi connectivity index (χ4v) is 2.01. The highest BCUT2D eigenvalue weighted by Crippen LogP contribution is 2.19. The Morgan fingerprint density at radius 1 is 1.20 bits per heavy atom. The van der Waals surface area contributed by atoms with Crippen LogP contribution < -0.4 is 10.6 Å². The highest BCUT2D eigenvalue weighted by atomic mass is 16.4. The van der Waals surface area contributed by atoms with Gasteiger partial charge in [0.1, 0.15) is 6.04 Å². The van der Waals surface area contributed by atoms with Crippen molar-refractivity contribution < 1.29 is 14.7 Å². The molecule has 0 heterocycles. The van der Waals surface area contributed by atoms with Crippen molar-refractivity contribution in [1.29, 1.82) is 0 Å². The van der Waals surface area contributed by atoms with E-state index in [0.29, 0.717) is 12.5 Å². The summed E-state index contributed by atoms with van der Waals surface area (Å²) in [5.41, 5.74) is -0.518. The third kappa shape index (κ3) is 7.36. The molecule has 0 spiro atoms. The number of carboxylic acid groups (broad SMARTS) is 1. The Bertz CT molecular complexity index is 311. The van der Waals surface area contributed by atoms with Gasteiger partial charge in [-0.25, -0.2) is 9.59 Å². The number of carboxylic acids is 1. The molecule has 0 aromatic heterocycles. The molecule has 0 aliphatic heterocycles. The van der Waals surface area contributed by atoms with Crippen molar-refractivity contribution in [1.82, 2.24) is 10.6 Å². The molecule has 20 heavy (non-hydrogen) atoms. The molecule has 0 aliphatic rings. The molecule has 118 valence electrons. The van der Waals surface area contributed by atoms with Gasteiger partial charge >= 0.3 is 12.0 Å². The molecular formula is C15H30N2O3. The maximum Gasteiger partial charge on any atom is 0.326 e. The first kappa shape index (κ1) is 18.7. The lowest BCUT2D eigenvalue weighted by Crippen LogP contribution is -2.52. The summed E-state index contributed by atoms with van der Waals surface area (Å²) in [6, 6.07) is -1.29. The summed E-state index contributed by atoms with van der Waals surface area (Å²) in [5, 5.41) is 14.5. The molecule has 5 heteroatoms. The molecule has 0 saturated heterocycles. The first-order valence-corrected chi connectivity index (χ1v) is 7.49. The van der Waals surface area contributed by atoms with Crippen LogP contribution in [0.15, 0.2) is 0 Å². The molecule has 0 fully saturated rings. The predicted molar refractivity (Wildman–Crippen MR) is 80.7 cm³/mol. The van der Waals surface area contributed by atoms with E-state index < -0.39 is 23.5 Å². The highest BCUT2D eigenvalue weighted by molar-refractivity contribution is 5.83. The first-order valence-electron chi connectivity index (χ1n) is 7.49. The van der Waals surface area contributed by atoms with Gasteiger partial charge in [-0.2, -0.15) is 0 Å². The van der Waals surface area contributed by atoms with Crippen LogP contribution in [0, 0.1) is 11.3 Å². The van der Waals surface area contributed by atoms with Crippen LogP contribution in [0.25, 0.3) is 0 Å². The summed E-state index contributed by atoms with van der Waals surface area (Å²) in [5.74, 6) is -0.552. The maximum atomic E-state index is 11.8. The minimum atomic E-state index is -1.01. The molecular weight excluding hydrogens is 256 g/mol. The van der Waals surface area contributed by atoms with E-state index in [1.54, 1.807) is 20.8 Å². The Kier molecular flexibility index (Phi) is 8.26. The van der Waals surface area contributed by atoms with Gasteiger partial charge in [0, 0.05) is 6.54 Å². The van der Waals surface area contributed by atoms with E-state index >= 15 is 0 Å². The number of aliphatic carboxylic acids is 1. The summed E-state index contributed by atoms with van der Waals surface area (Å²) < 4.78 is 0. The number of amides is 2. The third-order valence-corrected chi connectivity index (χ3v) is 3.48. The van der Waals surface area contributed by atoms with E-state index in [1.165, 1.54) is 0 Å². The molecule has 0 aliphatic carbocycles. The third-order valence-electron chi connectivity index (χ3n) is 3.48. The molecule has 0 saturated carbocycles. The fourth-order valence-electron chi connectivity index (χ4n) is 2.01. The molecule has 0 aromatic carbocycles. The lowest BCUT2D eigenvalue weighted by Gasteiger charge is -2.28. The van der Waals surface area contributed by atoms with Gasteiger partial charge in [0.15, 0.2) is 0 Å². The van der Waals surface area contributed by atoms with Crippen molar-refractivity contribution in [2.24, 2.45) is 11.3 Å². The summed E-state index contributed by atoms with van der Waals surface area (Å²) in [7, 11) is 0. The lowest BCUT2D eigenvalue weighted by atomic mass is 9.87. The standard InChI is InChI=1S/C15H30N2O3/c1-6-8-9-11(7-2)10-16-14(20)17-12(13(18)19)15(3,4)5/h11-12H,6-10H2,1-5H3,(H,18,19)(H2,16,17,20). The zero-order chi connectivity index (χ0) is 15.8. The van der Waals surface area contributed by atoms with Crippen LogP contribution >= 0.6 is 0 Å². The average Bonchev–Trinajstić information content (AvgIpc) is 2.34. The zero-order valence-electron chi connectivity index (χ0n) is 13.5. The number of carbonyl (C=O) groups is 2.